The first-order chi connectivity index (χ1) is 9.83. The summed E-state index contributed by atoms with van der Waals surface area (Å²) in [4.78, 5) is 14.4. The van der Waals surface area contributed by atoms with Gasteiger partial charge in [0, 0.05) is 18.5 Å². The van der Waals surface area contributed by atoms with E-state index in [4.69, 9.17) is 4.74 Å². The third-order valence-corrected chi connectivity index (χ3v) is 4.36. The molecule has 0 bridgehead atoms. The Bertz CT molecular complexity index is 478. The summed E-state index contributed by atoms with van der Waals surface area (Å²) in [7, 11) is 0. The number of ether oxygens (including phenoxy) is 1. The third-order valence-electron chi connectivity index (χ3n) is 4.36. The highest BCUT2D eigenvalue weighted by Gasteiger charge is 2.17. The van der Waals surface area contributed by atoms with E-state index >= 15 is 0 Å². The van der Waals surface area contributed by atoms with Crippen LogP contribution in [0.15, 0.2) is 18.2 Å². The van der Waals surface area contributed by atoms with Gasteiger partial charge >= 0.3 is 0 Å². The standard InChI is InChI=1S/C17H23NO2/c19-17-6-4-5-14-7-8-15(13-16(14)17)20-12-11-18-9-2-1-3-10-18/h7-8,13H,1-6,9-12H2. The molecular formula is C17H23NO2. The smallest absolute Gasteiger partial charge is 0.163 e. The van der Waals surface area contributed by atoms with Gasteiger partial charge in [-0.2, -0.15) is 0 Å². The van der Waals surface area contributed by atoms with Crippen molar-refractivity contribution >= 4 is 5.78 Å². The molecule has 0 unspecified atom stereocenters. The van der Waals surface area contributed by atoms with Gasteiger partial charge in [0.05, 0.1) is 0 Å². The molecule has 1 saturated heterocycles. The molecule has 0 radical (unpaired) electrons. The molecule has 0 atom stereocenters. The fourth-order valence-corrected chi connectivity index (χ4v) is 3.17. The first-order valence-electron chi connectivity index (χ1n) is 7.84. The predicted octanol–water partition coefficient (Wildman–Crippen LogP) is 3.07. The number of piperidine rings is 1. The minimum absolute atomic E-state index is 0.271. The third kappa shape index (κ3) is 3.21. The Kier molecular flexibility index (Phi) is 4.36. The SMILES string of the molecule is O=C1CCCc2ccc(OCCN3CCCCC3)cc21. The quantitative estimate of drug-likeness (QED) is 0.844. The van der Waals surface area contributed by atoms with Crippen LogP contribution in [0.3, 0.4) is 0 Å². The maximum atomic E-state index is 11.9. The molecule has 0 N–H and O–H groups in total. The van der Waals surface area contributed by atoms with Crippen LogP contribution >= 0.6 is 0 Å². The number of rotatable bonds is 4. The Labute approximate surface area is 120 Å². The Balaban J connectivity index is 1.55. The lowest BCUT2D eigenvalue weighted by Crippen LogP contribution is -2.33. The van der Waals surface area contributed by atoms with Crippen LogP contribution in [0.4, 0.5) is 0 Å². The molecule has 1 heterocycles. The number of nitrogens with zero attached hydrogens (tertiary/aromatic N) is 1. The van der Waals surface area contributed by atoms with E-state index in [0.717, 1.165) is 30.7 Å². The van der Waals surface area contributed by atoms with Crippen LogP contribution < -0.4 is 4.74 Å². The minimum atomic E-state index is 0.271. The lowest BCUT2D eigenvalue weighted by Gasteiger charge is -2.26. The summed E-state index contributed by atoms with van der Waals surface area (Å²) in [5.41, 5.74) is 2.07. The fourth-order valence-electron chi connectivity index (χ4n) is 3.17. The van der Waals surface area contributed by atoms with Crippen molar-refractivity contribution in [1.29, 1.82) is 0 Å². The summed E-state index contributed by atoms with van der Waals surface area (Å²) in [6, 6.07) is 6.00. The molecule has 0 amide bonds. The average Bonchev–Trinajstić information content (AvgIpc) is 2.49. The van der Waals surface area contributed by atoms with Gasteiger partial charge in [0.2, 0.25) is 0 Å². The lowest BCUT2D eigenvalue weighted by atomic mass is 9.90. The summed E-state index contributed by atoms with van der Waals surface area (Å²) in [6.45, 7) is 4.11. The maximum absolute atomic E-state index is 11.9. The van der Waals surface area contributed by atoms with E-state index in [1.54, 1.807) is 0 Å². The molecule has 1 aromatic carbocycles. The van der Waals surface area contributed by atoms with E-state index < -0.39 is 0 Å². The topological polar surface area (TPSA) is 29.5 Å². The van der Waals surface area contributed by atoms with Crippen LogP contribution in [0.2, 0.25) is 0 Å². The highest BCUT2D eigenvalue weighted by atomic mass is 16.5. The van der Waals surface area contributed by atoms with Crippen molar-refractivity contribution in [1.82, 2.24) is 4.90 Å². The van der Waals surface area contributed by atoms with Gasteiger partial charge < -0.3 is 4.74 Å². The summed E-state index contributed by atoms with van der Waals surface area (Å²) < 4.78 is 5.83. The molecule has 1 aliphatic carbocycles. The summed E-state index contributed by atoms with van der Waals surface area (Å²) in [5, 5.41) is 0. The van der Waals surface area contributed by atoms with Gasteiger partial charge in [-0.15, -0.1) is 0 Å². The van der Waals surface area contributed by atoms with E-state index in [0.29, 0.717) is 13.0 Å². The van der Waals surface area contributed by atoms with Crippen LogP contribution in [-0.2, 0) is 6.42 Å². The number of hydrogen-bond acceptors (Lipinski definition) is 3. The van der Waals surface area contributed by atoms with Crippen LogP contribution in [0.1, 0.15) is 48.0 Å². The normalized spacial score (nSPS) is 19.7. The number of carbonyl (C=O) groups is 1. The molecule has 3 heteroatoms. The second kappa shape index (κ2) is 6.40. The van der Waals surface area contributed by atoms with Gasteiger partial charge in [0.25, 0.3) is 0 Å². The van der Waals surface area contributed by atoms with Crippen LogP contribution in [-0.4, -0.2) is 36.9 Å². The highest BCUT2D eigenvalue weighted by molar-refractivity contribution is 5.98. The Hall–Kier alpha value is -1.35. The van der Waals surface area contributed by atoms with E-state index in [9.17, 15) is 4.79 Å². The zero-order valence-corrected chi connectivity index (χ0v) is 12.1. The molecule has 0 spiro atoms. The van der Waals surface area contributed by atoms with Crippen molar-refractivity contribution in [3.63, 3.8) is 0 Å². The Morgan fingerprint density at radius 3 is 2.75 bits per heavy atom. The molecule has 2 aliphatic rings. The first kappa shape index (κ1) is 13.6. The number of fused-ring (bicyclic) bond motifs is 1. The Morgan fingerprint density at radius 2 is 1.90 bits per heavy atom. The van der Waals surface area contributed by atoms with Crippen LogP contribution in [0.25, 0.3) is 0 Å². The van der Waals surface area contributed by atoms with Gasteiger partial charge in [-0.05, 0) is 56.5 Å². The van der Waals surface area contributed by atoms with E-state index in [2.05, 4.69) is 11.0 Å². The minimum Gasteiger partial charge on any atom is -0.492 e. The molecule has 108 valence electrons. The first-order valence-corrected chi connectivity index (χ1v) is 7.84. The van der Waals surface area contributed by atoms with E-state index in [1.165, 1.54) is 37.9 Å². The molecule has 0 saturated carbocycles. The largest absolute Gasteiger partial charge is 0.492 e. The van der Waals surface area contributed by atoms with Gasteiger partial charge in [-0.1, -0.05) is 12.5 Å². The predicted molar refractivity (Wildman–Crippen MR) is 79.5 cm³/mol. The maximum Gasteiger partial charge on any atom is 0.163 e. The van der Waals surface area contributed by atoms with Crippen molar-refractivity contribution in [2.24, 2.45) is 0 Å². The number of hydrogen-bond donors (Lipinski definition) is 0. The summed E-state index contributed by atoms with van der Waals surface area (Å²) >= 11 is 0. The van der Waals surface area contributed by atoms with Crippen molar-refractivity contribution in [2.75, 3.05) is 26.2 Å². The second-order valence-electron chi connectivity index (χ2n) is 5.85. The zero-order valence-electron chi connectivity index (χ0n) is 12.1. The zero-order chi connectivity index (χ0) is 13.8. The number of likely N-dealkylation sites (tertiary alicyclic amines) is 1. The number of carbonyl (C=O) groups excluding carboxylic acids is 1. The monoisotopic (exact) mass is 273 g/mol. The van der Waals surface area contributed by atoms with Crippen molar-refractivity contribution < 1.29 is 9.53 Å². The number of ketones is 1. The summed E-state index contributed by atoms with van der Waals surface area (Å²) in [5.74, 6) is 1.11. The van der Waals surface area contributed by atoms with Crippen molar-refractivity contribution in [3.05, 3.63) is 29.3 Å². The fraction of sp³-hybridized carbons (Fsp3) is 0.588. The molecule has 3 nitrogen and oxygen atoms in total. The number of benzene rings is 1. The average molecular weight is 273 g/mol. The van der Waals surface area contributed by atoms with Crippen LogP contribution in [0.5, 0.6) is 5.75 Å². The molecular weight excluding hydrogens is 250 g/mol. The highest BCUT2D eigenvalue weighted by Crippen LogP contribution is 2.25. The van der Waals surface area contributed by atoms with Gasteiger partial charge in [-0.25, -0.2) is 0 Å². The molecule has 20 heavy (non-hydrogen) atoms. The molecule has 1 fully saturated rings. The van der Waals surface area contributed by atoms with Gasteiger partial charge in [0.1, 0.15) is 12.4 Å². The number of Topliss-reactive ketones (excluding diaryl/α,β-unsaturated/α-hetero) is 1. The number of aryl methyl sites for hydroxylation is 1. The molecule has 0 aromatic heterocycles. The lowest BCUT2D eigenvalue weighted by molar-refractivity contribution is 0.0972. The van der Waals surface area contributed by atoms with Crippen LogP contribution in [0, 0.1) is 0 Å². The Morgan fingerprint density at radius 1 is 1.05 bits per heavy atom. The molecule has 1 aromatic rings. The van der Waals surface area contributed by atoms with Crippen molar-refractivity contribution in [2.45, 2.75) is 38.5 Å². The van der Waals surface area contributed by atoms with Gasteiger partial charge in [-0.3, -0.25) is 9.69 Å². The molecule has 3 rings (SSSR count). The second-order valence-corrected chi connectivity index (χ2v) is 5.85. The van der Waals surface area contributed by atoms with Gasteiger partial charge in [0.15, 0.2) is 5.78 Å². The molecule has 1 aliphatic heterocycles. The van der Waals surface area contributed by atoms with E-state index in [-0.39, 0.29) is 5.78 Å². The summed E-state index contributed by atoms with van der Waals surface area (Å²) in [6.07, 6.45) is 6.69. The van der Waals surface area contributed by atoms with Crippen molar-refractivity contribution in [3.8, 4) is 5.75 Å². The van der Waals surface area contributed by atoms with E-state index in [1.807, 2.05) is 12.1 Å².